The lowest BCUT2D eigenvalue weighted by atomic mass is 9.99. The smallest absolute Gasteiger partial charge is 0.416 e. The molecule has 14 heteroatoms. The van der Waals surface area contributed by atoms with E-state index in [1.165, 1.54) is 35.0 Å². The molecule has 0 spiro atoms. The van der Waals surface area contributed by atoms with Crippen LogP contribution < -0.4 is 14.8 Å². The molecule has 3 rings (SSSR count). The van der Waals surface area contributed by atoms with Crippen molar-refractivity contribution in [2.45, 2.75) is 32.2 Å². The Kier molecular flexibility index (Phi) is 9.01. The number of alkyl halides is 3. The van der Waals surface area contributed by atoms with Crippen LogP contribution in [0.1, 0.15) is 29.8 Å². The molecule has 1 aliphatic rings. The van der Waals surface area contributed by atoms with E-state index in [1.54, 1.807) is 13.8 Å². The molecule has 0 fully saturated rings. The third-order valence-corrected chi connectivity index (χ3v) is 6.84. The van der Waals surface area contributed by atoms with Gasteiger partial charge in [-0.1, -0.05) is 13.0 Å². The van der Waals surface area contributed by atoms with Crippen LogP contribution in [0, 0.1) is 5.92 Å². The van der Waals surface area contributed by atoms with Crippen molar-refractivity contribution in [3.8, 4) is 5.75 Å². The van der Waals surface area contributed by atoms with Crippen molar-refractivity contribution in [1.82, 2.24) is 9.80 Å². The van der Waals surface area contributed by atoms with Gasteiger partial charge in [0.2, 0.25) is 10.0 Å². The number of urea groups is 1. The minimum absolute atomic E-state index is 0.0174. The number of rotatable bonds is 7. The molecule has 0 aliphatic carbocycles. The summed E-state index contributed by atoms with van der Waals surface area (Å²) in [6.07, 6.45) is -4.29. The number of amides is 3. The fourth-order valence-electron chi connectivity index (χ4n) is 4.06. The molecule has 1 aliphatic heterocycles. The zero-order valence-corrected chi connectivity index (χ0v) is 22.6. The second-order valence-corrected chi connectivity index (χ2v) is 11.3. The normalized spacial score (nSPS) is 18.8. The first-order chi connectivity index (χ1) is 18.1. The van der Waals surface area contributed by atoms with Crippen LogP contribution in [-0.2, 0) is 16.2 Å². The predicted molar refractivity (Wildman–Crippen MR) is 139 cm³/mol. The fourth-order valence-corrected chi connectivity index (χ4v) is 4.62. The van der Waals surface area contributed by atoms with Crippen molar-refractivity contribution in [3.05, 3.63) is 53.6 Å². The van der Waals surface area contributed by atoms with E-state index in [0.29, 0.717) is 0 Å². The molecule has 3 amide bonds. The third kappa shape index (κ3) is 7.53. The van der Waals surface area contributed by atoms with Gasteiger partial charge in [0.1, 0.15) is 6.10 Å². The zero-order valence-electron chi connectivity index (χ0n) is 21.8. The molecule has 10 nitrogen and oxygen atoms in total. The van der Waals surface area contributed by atoms with Crippen LogP contribution in [0.25, 0.3) is 0 Å². The molecule has 1 heterocycles. The Bertz CT molecular complexity index is 1300. The number of halogens is 3. The predicted octanol–water partition coefficient (Wildman–Crippen LogP) is 3.46. The molecule has 2 aromatic rings. The van der Waals surface area contributed by atoms with Gasteiger partial charge >= 0.3 is 12.2 Å². The Hall–Kier alpha value is -3.52. The first kappa shape index (κ1) is 30.0. The Morgan fingerprint density at radius 1 is 1.23 bits per heavy atom. The lowest BCUT2D eigenvalue weighted by Crippen LogP contribution is -2.50. The summed E-state index contributed by atoms with van der Waals surface area (Å²) < 4.78 is 71.0. The maximum Gasteiger partial charge on any atom is 0.416 e. The summed E-state index contributed by atoms with van der Waals surface area (Å²) in [7, 11) is -2.27. The number of anilines is 2. The number of aliphatic hydroxyl groups is 1. The molecule has 214 valence electrons. The number of hydrogen-bond donors (Lipinski definition) is 3. The topological polar surface area (TPSA) is 128 Å². The number of likely N-dealkylation sites (N-methyl/N-ethyl adjacent to an activating group) is 1. The highest BCUT2D eigenvalue weighted by Gasteiger charge is 2.35. The van der Waals surface area contributed by atoms with Crippen molar-refractivity contribution in [2.75, 3.05) is 43.0 Å². The van der Waals surface area contributed by atoms with E-state index in [2.05, 4.69) is 10.0 Å². The highest BCUT2D eigenvalue weighted by molar-refractivity contribution is 7.92. The number of hydrogen-bond acceptors (Lipinski definition) is 6. The number of fused-ring (bicyclic) bond motifs is 1. The first-order valence-electron chi connectivity index (χ1n) is 12.0. The minimum atomic E-state index is -4.51. The fraction of sp³-hybridized carbons (Fsp3) is 0.440. The highest BCUT2D eigenvalue weighted by atomic mass is 32.2. The molecule has 39 heavy (non-hydrogen) atoms. The number of carbonyl (C=O) groups is 2. The third-order valence-electron chi connectivity index (χ3n) is 6.25. The van der Waals surface area contributed by atoms with Crippen LogP contribution in [0.4, 0.5) is 29.3 Å². The summed E-state index contributed by atoms with van der Waals surface area (Å²) in [4.78, 5) is 29.0. The lowest BCUT2D eigenvalue weighted by molar-refractivity contribution is -0.137. The molecule has 0 saturated carbocycles. The van der Waals surface area contributed by atoms with Crippen LogP contribution in [0.15, 0.2) is 42.5 Å². The van der Waals surface area contributed by atoms with Crippen molar-refractivity contribution in [2.24, 2.45) is 5.92 Å². The summed E-state index contributed by atoms with van der Waals surface area (Å²) in [5.74, 6) is -0.859. The SMILES string of the molecule is C[C@H](CO)N1C[C@H](C)[C@H](CN(C)C(=O)Nc2ccc(C(F)(F)F)cc2)Oc2c(NS(C)(=O)=O)cccc2C1=O. The minimum Gasteiger partial charge on any atom is -0.485 e. The van der Waals surface area contributed by atoms with Crippen LogP contribution in [-0.4, -0.2) is 80.4 Å². The number of para-hydroxylation sites is 1. The lowest BCUT2D eigenvalue weighted by Gasteiger charge is -2.38. The standard InChI is InChI=1S/C25H31F3N4O6S/c1-15-12-32(16(2)14-33)23(34)19-6-5-7-20(30-39(4,36)37)22(19)38-21(15)13-31(3)24(35)29-18-10-8-17(9-11-18)25(26,27)28/h5-11,15-16,21,30,33H,12-14H2,1-4H3,(H,29,35)/t15-,16+,21-/m0/s1. The number of ether oxygens (including phenoxy) is 1. The Balaban J connectivity index is 1.89. The number of nitrogens with one attached hydrogen (secondary N) is 2. The van der Waals surface area contributed by atoms with Gasteiger partial charge in [0.15, 0.2) is 5.75 Å². The van der Waals surface area contributed by atoms with Gasteiger partial charge in [0.05, 0.1) is 42.3 Å². The Labute approximate surface area is 224 Å². The van der Waals surface area contributed by atoms with Crippen LogP contribution in [0.5, 0.6) is 5.75 Å². The van der Waals surface area contributed by atoms with Gasteiger partial charge in [-0.25, -0.2) is 13.2 Å². The van der Waals surface area contributed by atoms with E-state index in [-0.39, 0.29) is 48.3 Å². The largest absolute Gasteiger partial charge is 0.485 e. The maximum absolute atomic E-state index is 13.4. The molecule has 0 radical (unpaired) electrons. The molecular weight excluding hydrogens is 541 g/mol. The average molecular weight is 573 g/mol. The molecule has 0 aromatic heterocycles. The summed E-state index contributed by atoms with van der Waals surface area (Å²) in [6.45, 7) is 3.30. The van der Waals surface area contributed by atoms with Gasteiger partial charge in [-0.15, -0.1) is 0 Å². The molecule has 3 N–H and O–H groups in total. The van der Waals surface area contributed by atoms with E-state index in [1.807, 2.05) is 0 Å². The number of carbonyl (C=O) groups excluding carboxylic acids is 2. The summed E-state index contributed by atoms with van der Waals surface area (Å²) in [5.41, 5.74) is -0.572. The van der Waals surface area contributed by atoms with E-state index in [9.17, 15) is 36.3 Å². The Morgan fingerprint density at radius 3 is 2.44 bits per heavy atom. The summed E-state index contributed by atoms with van der Waals surface area (Å²) in [5, 5.41) is 12.3. The van der Waals surface area contributed by atoms with Crippen molar-refractivity contribution < 1.29 is 41.0 Å². The molecule has 0 unspecified atom stereocenters. The molecular formula is C25H31F3N4O6S. The van der Waals surface area contributed by atoms with Gasteiger partial charge in [-0.3, -0.25) is 9.52 Å². The molecule has 0 saturated heterocycles. The van der Waals surface area contributed by atoms with E-state index < -0.39 is 45.8 Å². The zero-order chi connectivity index (χ0) is 29.1. The number of sulfonamides is 1. The van der Waals surface area contributed by atoms with Crippen LogP contribution in [0.3, 0.4) is 0 Å². The van der Waals surface area contributed by atoms with Gasteiger partial charge in [0, 0.05) is 25.2 Å². The van der Waals surface area contributed by atoms with Gasteiger partial charge in [-0.05, 0) is 43.3 Å². The van der Waals surface area contributed by atoms with Gasteiger partial charge in [-0.2, -0.15) is 13.2 Å². The van der Waals surface area contributed by atoms with Crippen molar-refractivity contribution in [1.29, 1.82) is 0 Å². The number of benzene rings is 2. The summed E-state index contributed by atoms with van der Waals surface area (Å²) >= 11 is 0. The Morgan fingerprint density at radius 2 is 1.87 bits per heavy atom. The molecule has 3 atom stereocenters. The number of aliphatic hydroxyl groups excluding tert-OH is 1. The van der Waals surface area contributed by atoms with E-state index in [4.69, 9.17) is 4.74 Å². The molecule has 0 bridgehead atoms. The number of nitrogens with zero attached hydrogens (tertiary/aromatic N) is 2. The van der Waals surface area contributed by atoms with Crippen LogP contribution >= 0.6 is 0 Å². The average Bonchev–Trinajstić information content (AvgIpc) is 2.84. The van der Waals surface area contributed by atoms with Crippen molar-refractivity contribution in [3.63, 3.8) is 0 Å². The van der Waals surface area contributed by atoms with Gasteiger partial charge < -0.3 is 25.0 Å². The highest BCUT2D eigenvalue weighted by Crippen LogP contribution is 2.35. The first-order valence-corrected chi connectivity index (χ1v) is 13.9. The monoisotopic (exact) mass is 572 g/mol. The molecule has 2 aromatic carbocycles. The maximum atomic E-state index is 13.4. The summed E-state index contributed by atoms with van der Waals surface area (Å²) in [6, 6.07) is 7.25. The quantitative estimate of drug-likeness (QED) is 0.466. The second kappa shape index (κ2) is 11.7. The van der Waals surface area contributed by atoms with Crippen LogP contribution in [0.2, 0.25) is 0 Å². The van der Waals surface area contributed by atoms with E-state index in [0.717, 1.165) is 30.5 Å². The second-order valence-electron chi connectivity index (χ2n) is 9.56. The van der Waals surface area contributed by atoms with Gasteiger partial charge in [0.25, 0.3) is 5.91 Å². The van der Waals surface area contributed by atoms with E-state index >= 15 is 0 Å². The van der Waals surface area contributed by atoms with Crippen molar-refractivity contribution >= 4 is 33.3 Å².